The first-order valence-electron chi connectivity index (χ1n) is 7.46. The van der Waals surface area contributed by atoms with E-state index < -0.39 is 0 Å². The summed E-state index contributed by atoms with van der Waals surface area (Å²) in [6.07, 6.45) is 2.86. The van der Waals surface area contributed by atoms with Gasteiger partial charge < -0.3 is 14.6 Å². The van der Waals surface area contributed by atoms with Crippen LogP contribution in [0.1, 0.15) is 32.1 Å². The number of rotatable bonds is 8. The minimum Gasteiger partial charge on any atom is -0.497 e. The highest BCUT2D eigenvalue weighted by molar-refractivity contribution is 5.75. The van der Waals surface area contributed by atoms with E-state index in [0.717, 1.165) is 30.7 Å². The SMILES string of the molecule is CCCCNC(=O)CCc1nc(-c2ccc(OC)cc2)no1. The Morgan fingerprint density at radius 3 is 2.77 bits per heavy atom. The number of ether oxygens (including phenoxy) is 1. The van der Waals surface area contributed by atoms with Crippen LogP contribution in [0.2, 0.25) is 0 Å². The predicted octanol–water partition coefficient (Wildman–Crippen LogP) is 2.59. The Balaban J connectivity index is 1.86. The smallest absolute Gasteiger partial charge is 0.227 e. The number of carbonyl (C=O) groups excluding carboxylic acids is 1. The number of hydrogen-bond donors (Lipinski definition) is 1. The second-order valence-corrected chi connectivity index (χ2v) is 4.94. The molecule has 2 aromatic rings. The molecule has 0 saturated carbocycles. The van der Waals surface area contributed by atoms with E-state index in [4.69, 9.17) is 9.26 Å². The Hall–Kier alpha value is -2.37. The van der Waals surface area contributed by atoms with Crippen molar-refractivity contribution in [2.45, 2.75) is 32.6 Å². The average Bonchev–Trinajstić information content (AvgIpc) is 3.02. The zero-order chi connectivity index (χ0) is 15.8. The predicted molar refractivity (Wildman–Crippen MR) is 82.5 cm³/mol. The molecular formula is C16H21N3O3. The van der Waals surface area contributed by atoms with Crippen LogP contribution in [-0.4, -0.2) is 29.7 Å². The van der Waals surface area contributed by atoms with Gasteiger partial charge in [-0.05, 0) is 30.7 Å². The Morgan fingerprint density at radius 1 is 1.32 bits per heavy atom. The molecule has 1 aromatic heterocycles. The Morgan fingerprint density at radius 2 is 2.09 bits per heavy atom. The van der Waals surface area contributed by atoms with Crippen molar-refractivity contribution in [3.8, 4) is 17.1 Å². The third-order valence-electron chi connectivity index (χ3n) is 3.23. The number of aryl methyl sites for hydroxylation is 1. The van der Waals surface area contributed by atoms with Crippen molar-refractivity contribution in [2.24, 2.45) is 0 Å². The minimum atomic E-state index is 0.0117. The van der Waals surface area contributed by atoms with Crippen molar-refractivity contribution in [3.05, 3.63) is 30.2 Å². The molecule has 1 N–H and O–H groups in total. The molecule has 0 radical (unpaired) electrons. The highest BCUT2D eigenvalue weighted by atomic mass is 16.5. The van der Waals surface area contributed by atoms with E-state index in [1.165, 1.54) is 0 Å². The van der Waals surface area contributed by atoms with Gasteiger partial charge in [0.15, 0.2) is 0 Å². The van der Waals surface area contributed by atoms with Crippen LogP contribution in [0.4, 0.5) is 0 Å². The topological polar surface area (TPSA) is 77.2 Å². The van der Waals surface area contributed by atoms with Gasteiger partial charge in [-0.3, -0.25) is 4.79 Å². The zero-order valence-electron chi connectivity index (χ0n) is 13.0. The standard InChI is InChI=1S/C16H21N3O3/c1-3-4-11-17-14(20)9-10-15-18-16(19-22-15)12-5-7-13(21-2)8-6-12/h5-8H,3-4,9-11H2,1-2H3,(H,17,20). The maximum absolute atomic E-state index is 11.6. The molecule has 1 aromatic carbocycles. The van der Waals surface area contributed by atoms with Crippen molar-refractivity contribution in [1.82, 2.24) is 15.5 Å². The quantitative estimate of drug-likeness (QED) is 0.758. The molecular weight excluding hydrogens is 282 g/mol. The van der Waals surface area contributed by atoms with Crippen LogP contribution < -0.4 is 10.1 Å². The molecule has 1 heterocycles. The Labute approximate surface area is 129 Å². The molecule has 0 unspecified atom stereocenters. The number of carbonyl (C=O) groups is 1. The summed E-state index contributed by atoms with van der Waals surface area (Å²) < 4.78 is 10.3. The van der Waals surface area contributed by atoms with Gasteiger partial charge in [-0.25, -0.2) is 0 Å². The summed E-state index contributed by atoms with van der Waals surface area (Å²) in [4.78, 5) is 15.9. The van der Waals surface area contributed by atoms with E-state index in [1.807, 2.05) is 24.3 Å². The lowest BCUT2D eigenvalue weighted by Gasteiger charge is -2.01. The summed E-state index contributed by atoms with van der Waals surface area (Å²) in [5.74, 6) is 1.77. The third-order valence-corrected chi connectivity index (χ3v) is 3.23. The largest absolute Gasteiger partial charge is 0.497 e. The van der Waals surface area contributed by atoms with Crippen LogP contribution in [0.25, 0.3) is 11.4 Å². The van der Waals surface area contributed by atoms with Crippen LogP contribution in [-0.2, 0) is 11.2 Å². The van der Waals surface area contributed by atoms with Gasteiger partial charge in [0.25, 0.3) is 0 Å². The van der Waals surface area contributed by atoms with E-state index in [2.05, 4.69) is 22.4 Å². The summed E-state index contributed by atoms with van der Waals surface area (Å²) in [5, 5.41) is 6.80. The van der Waals surface area contributed by atoms with Crippen LogP contribution in [0.3, 0.4) is 0 Å². The highest BCUT2D eigenvalue weighted by Gasteiger charge is 2.10. The zero-order valence-corrected chi connectivity index (χ0v) is 13.0. The highest BCUT2D eigenvalue weighted by Crippen LogP contribution is 2.19. The lowest BCUT2D eigenvalue weighted by molar-refractivity contribution is -0.121. The maximum Gasteiger partial charge on any atom is 0.227 e. The molecule has 2 rings (SSSR count). The molecule has 0 fully saturated rings. The van der Waals surface area contributed by atoms with Crippen molar-refractivity contribution in [2.75, 3.05) is 13.7 Å². The lowest BCUT2D eigenvalue weighted by atomic mass is 10.2. The van der Waals surface area contributed by atoms with Crippen molar-refractivity contribution >= 4 is 5.91 Å². The van der Waals surface area contributed by atoms with E-state index in [1.54, 1.807) is 7.11 Å². The average molecular weight is 303 g/mol. The molecule has 6 nitrogen and oxygen atoms in total. The Kier molecular flexibility index (Phi) is 5.94. The van der Waals surface area contributed by atoms with E-state index in [9.17, 15) is 4.79 Å². The number of hydrogen-bond acceptors (Lipinski definition) is 5. The van der Waals surface area contributed by atoms with E-state index in [0.29, 0.717) is 24.6 Å². The van der Waals surface area contributed by atoms with Crippen molar-refractivity contribution < 1.29 is 14.1 Å². The van der Waals surface area contributed by atoms with Gasteiger partial charge in [0.2, 0.25) is 17.6 Å². The number of benzene rings is 1. The van der Waals surface area contributed by atoms with Gasteiger partial charge in [0.05, 0.1) is 7.11 Å². The van der Waals surface area contributed by atoms with Gasteiger partial charge in [-0.2, -0.15) is 4.98 Å². The van der Waals surface area contributed by atoms with Crippen molar-refractivity contribution in [1.29, 1.82) is 0 Å². The van der Waals surface area contributed by atoms with Gasteiger partial charge in [0.1, 0.15) is 5.75 Å². The van der Waals surface area contributed by atoms with Gasteiger partial charge in [-0.1, -0.05) is 18.5 Å². The molecule has 118 valence electrons. The Bertz CT molecular complexity index is 593. The second kappa shape index (κ2) is 8.17. The number of nitrogens with zero attached hydrogens (tertiary/aromatic N) is 2. The summed E-state index contributed by atoms with van der Waals surface area (Å²) >= 11 is 0. The molecule has 0 spiro atoms. The monoisotopic (exact) mass is 303 g/mol. The summed E-state index contributed by atoms with van der Waals surface area (Å²) in [7, 11) is 1.62. The molecule has 1 amide bonds. The summed E-state index contributed by atoms with van der Waals surface area (Å²) in [6.45, 7) is 2.81. The molecule has 6 heteroatoms. The fraction of sp³-hybridized carbons (Fsp3) is 0.438. The summed E-state index contributed by atoms with van der Waals surface area (Å²) in [5.41, 5.74) is 0.850. The summed E-state index contributed by atoms with van der Waals surface area (Å²) in [6, 6.07) is 7.41. The number of methoxy groups -OCH3 is 1. The number of amides is 1. The molecule has 0 aliphatic heterocycles. The molecule has 0 atom stereocenters. The van der Waals surface area contributed by atoms with Crippen LogP contribution in [0, 0.1) is 0 Å². The molecule has 22 heavy (non-hydrogen) atoms. The first-order chi connectivity index (χ1) is 10.7. The fourth-order valence-corrected chi connectivity index (χ4v) is 1.93. The number of nitrogens with one attached hydrogen (secondary N) is 1. The molecule has 0 aliphatic rings. The third kappa shape index (κ3) is 4.58. The first-order valence-corrected chi connectivity index (χ1v) is 7.46. The van der Waals surface area contributed by atoms with Crippen LogP contribution in [0.15, 0.2) is 28.8 Å². The van der Waals surface area contributed by atoms with E-state index in [-0.39, 0.29) is 5.91 Å². The van der Waals surface area contributed by atoms with Gasteiger partial charge in [-0.15, -0.1) is 0 Å². The normalized spacial score (nSPS) is 10.5. The fourth-order valence-electron chi connectivity index (χ4n) is 1.93. The van der Waals surface area contributed by atoms with Crippen LogP contribution in [0.5, 0.6) is 5.75 Å². The van der Waals surface area contributed by atoms with Crippen LogP contribution >= 0.6 is 0 Å². The lowest BCUT2D eigenvalue weighted by Crippen LogP contribution is -2.24. The molecule has 0 aliphatic carbocycles. The first kappa shape index (κ1) is 16.0. The van der Waals surface area contributed by atoms with E-state index >= 15 is 0 Å². The van der Waals surface area contributed by atoms with Gasteiger partial charge >= 0.3 is 0 Å². The molecule has 0 bridgehead atoms. The number of aromatic nitrogens is 2. The minimum absolute atomic E-state index is 0.0117. The second-order valence-electron chi connectivity index (χ2n) is 4.94. The maximum atomic E-state index is 11.6. The molecule has 0 saturated heterocycles. The van der Waals surface area contributed by atoms with Gasteiger partial charge in [0, 0.05) is 24.9 Å². The number of unbranched alkanes of at least 4 members (excludes halogenated alkanes) is 1. The van der Waals surface area contributed by atoms with Crippen molar-refractivity contribution in [3.63, 3.8) is 0 Å².